The van der Waals surface area contributed by atoms with Gasteiger partial charge in [-0.1, -0.05) is 12.8 Å². The van der Waals surface area contributed by atoms with Crippen LogP contribution in [0, 0.1) is 0 Å². The summed E-state index contributed by atoms with van der Waals surface area (Å²) < 4.78 is 35.1. The van der Waals surface area contributed by atoms with Gasteiger partial charge in [0.05, 0.1) is 12.1 Å². The fourth-order valence-corrected chi connectivity index (χ4v) is 1.65. The van der Waals surface area contributed by atoms with Crippen LogP contribution in [0.15, 0.2) is 0 Å². The Balaban J connectivity index is 2.18. The molecule has 0 spiro atoms. The molecule has 0 aromatic rings. The molecular weight excluding hydrogens is 183 g/mol. The molecule has 2 N–H and O–H groups in total. The van der Waals surface area contributed by atoms with Crippen LogP contribution in [0.4, 0.5) is 13.2 Å². The monoisotopic (exact) mass is 197 g/mol. The van der Waals surface area contributed by atoms with Gasteiger partial charge in [0.2, 0.25) is 0 Å². The minimum Gasteiger partial charge on any atom is -0.389 e. The number of rotatable bonds is 3. The lowest BCUT2D eigenvalue weighted by Gasteiger charge is -2.22. The van der Waals surface area contributed by atoms with Gasteiger partial charge in [0.15, 0.2) is 0 Å². The predicted octanol–water partition coefficient (Wildman–Crippen LogP) is 1.44. The van der Waals surface area contributed by atoms with Gasteiger partial charge in [-0.2, -0.15) is 13.2 Å². The second-order valence-electron chi connectivity index (χ2n) is 3.65. The third kappa shape index (κ3) is 3.95. The number of alkyl halides is 3. The van der Waals surface area contributed by atoms with Gasteiger partial charge in [-0.15, -0.1) is 0 Å². The average Bonchev–Trinajstić information content (AvgIpc) is 2.33. The molecule has 1 aliphatic rings. The van der Waals surface area contributed by atoms with Crippen LogP contribution in [0.2, 0.25) is 0 Å². The number of aliphatic hydroxyl groups is 1. The van der Waals surface area contributed by atoms with Crippen molar-refractivity contribution in [3.63, 3.8) is 0 Å². The van der Waals surface area contributed by atoms with Crippen LogP contribution >= 0.6 is 0 Å². The van der Waals surface area contributed by atoms with Crippen molar-refractivity contribution >= 4 is 0 Å². The van der Waals surface area contributed by atoms with Gasteiger partial charge in [0.25, 0.3) is 0 Å². The van der Waals surface area contributed by atoms with Crippen molar-refractivity contribution in [2.75, 3.05) is 13.1 Å². The molecule has 0 bridgehead atoms. The Morgan fingerprint density at radius 1 is 1.23 bits per heavy atom. The fraction of sp³-hybridized carbons (Fsp3) is 1.00. The first-order chi connectivity index (χ1) is 5.91. The van der Waals surface area contributed by atoms with E-state index in [0.29, 0.717) is 12.8 Å². The zero-order valence-electron chi connectivity index (χ0n) is 7.32. The highest BCUT2D eigenvalue weighted by Gasteiger charge is 2.33. The third-order valence-corrected chi connectivity index (χ3v) is 2.31. The normalized spacial score (nSPS) is 22.2. The van der Waals surface area contributed by atoms with E-state index < -0.39 is 18.3 Å². The van der Waals surface area contributed by atoms with Crippen LogP contribution in [-0.4, -0.2) is 30.0 Å². The van der Waals surface area contributed by atoms with Crippen LogP contribution in [0.3, 0.4) is 0 Å². The molecule has 0 aliphatic heterocycles. The van der Waals surface area contributed by atoms with E-state index in [2.05, 4.69) is 5.32 Å². The van der Waals surface area contributed by atoms with Gasteiger partial charge in [0, 0.05) is 6.54 Å². The summed E-state index contributed by atoms with van der Waals surface area (Å²) in [4.78, 5) is 0. The van der Waals surface area contributed by atoms with Gasteiger partial charge in [-0.3, -0.25) is 0 Å². The summed E-state index contributed by atoms with van der Waals surface area (Å²) in [6, 6.07) is 0. The number of nitrogens with one attached hydrogen (secondary N) is 1. The van der Waals surface area contributed by atoms with Crippen LogP contribution < -0.4 is 5.32 Å². The molecule has 1 aliphatic carbocycles. The Morgan fingerprint density at radius 2 is 1.77 bits per heavy atom. The Morgan fingerprint density at radius 3 is 2.23 bits per heavy atom. The Hall–Kier alpha value is -0.290. The van der Waals surface area contributed by atoms with Gasteiger partial charge >= 0.3 is 6.18 Å². The molecule has 13 heavy (non-hydrogen) atoms. The fourth-order valence-electron chi connectivity index (χ4n) is 1.65. The van der Waals surface area contributed by atoms with Crippen molar-refractivity contribution < 1.29 is 18.3 Å². The van der Waals surface area contributed by atoms with Crippen molar-refractivity contribution in [3.8, 4) is 0 Å². The highest BCUT2D eigenvalue weighted by Crippen LogP contribution is 2.28. The van der Waals surface area contributed by atoms with Gasteiger partial charge in [-0.05, 0) is 12.8 Å². The molecule has 0 heterocycles. The maximum absolute atomic E-state index is 11.7. The summed E-state index contributed by atoms with van der Waals surface area (Å²) in [5.41, 5.74) is -0.898. The van der Waals surface area contributed by atoms with E-state index in [1.807, 2.05) is 0 Å². The average molecular weight is 197 g/mol. The first kappa shape index (κ1) is 10.8. The van der Waals surface area contributed by atoms with Crippen molar-refractivity contribution in [1.29, 1.82) is 0 Å². The second-order valence-corrected chi connectivity index (χ2v) is 3.65. The minimum atomic E-state index is -4.19. The maximum atomic E-state index is 11.7. The quantitative estimate of drug-likeness (QED) is 0.717. The lowest BCUT2D eigenvalue weighted by atomic mass is 10.0. The van der Waals surface area contributed by atoms with E-state index in [9.17, 15) is 18.3 Å². The number of hydrogen-bond donors (Lipinski definition) is 2. The predicted molar refractivity (Wildman–Crippen MR) is 42.3 cm³/mol. The van der Waals surface area contributed by atoms with E-state index in [4.69, 9.17) is 0 Å². The Kier molecular flexibility index (Phi) is 3.18. The second kappa shape index (κ2) is 3.84. The summed E-state index contributed by atoms with van der Waals surface area (Å²) in [6.45, 7) is -0.970. The summed E-state index contributed by atoms with van der Waals surface area (Å²) >= 11 is 0. The Labute approximate surface area is 75.1 Å². The molecule has 5 heteroatoms. The zero-order chi connectivity index (χ0) is 9.95. The van der Waals surface area contributed by atoms with Crippen LogP contribution in [0.5, 0.6) is 0 Å². The van der Waals surface area contributed by atoms with Crippen molar-refractivity contribution in [1.82, 2.24) is 5.32 Å². The summed E-state index contributed by atoms with van der Waals surface area (Å²) in [6.07, 6.45) is -1.15. The van der Waals surface area contributed by atoms with Gasteiger partial charge in [0.1, 0.15) is 0 Å². The SMILES string of the molecule is OC1(CNCC(F)(F)F)CCCC1. The van der Waals surface area contributed by atoms with E-state index in [1.165, 1.54) is 0 Å². The van der Waals surface area contributed by atoms with Crippen molar-refractivity contribution in [3.05, 3.63) is 0 Å². The van der Waals surface area contributed by atoms with E-state index in [-0.39, 0.29) is 6.54 Å². The molecule has 0 aromatic carbocycles. The van der Waals surface area contributed by atoms with E-state index >= 15 is 0 Å². The molecule has 78 valence electrons. The van der Waals surface area contributed by atoms with Crippen molar-refractivity contribution in [2.45, 2.75) is 37.5 Å². The van der Waals surface area contributed by atoms with Crippen molar-refractivity contribution in [2.24, 2.45) is 0 Å². The zero-order valence-corrected chi connectivity index (χ0v) is 7.32. The lowest BCUT2D eigenvalue weighted by molar-refractivity contribution is -0.126. The number of hydrogen-bond acceptors (Lipinski definition) is 2. The minimum absolute atomic E-state index is 0.0481. The van der Waals surface area contributed by atoms with Crippen LogP contribution in [0.25, 0.3) is 0 Å². The molecule has 1 rings (SSSR count). The highest BCUT2D eigenvalue weighted by molar-refractivity contribution is 4.86. The molecule has 2 nitrogen and oxygen atoms in total. The largest absolute Gasteiger partial charge is 0.401 e. The molecule has 0 amide bonds. The maximum Gasteiger partial charge on any atom is 0.401 e. The standard InChI is InChI=1S/C8H14F3NO/c9-8(10,11)6-12-5-7(13)3-1-2-4-7/h12-13H,1-6H2. The van der Waals surface area contributed by atoms with E-state index in [1.54, 1.807) is 0 Å². The first-order valence-corrected chi connectivity index (χ1v) is 4.41. The smallest absolute Gasteiger partial charge is 0.389 e. The first-order valence-electron chi connectivity index (χ1n) is 4.41. The Bertz CT molecular complexity index is 163. The molecule has 0 aromatic heterocycles. The van der Waals surface area contributed by atoms with Crippen LogP contribution in [-0.2, 0) is 0 Å². The number of halogens is 3. The molecule has 1 saturated carbocycles. The molecule has 0 radical (unpaired) electrons. The van der Waals surface area contributed by atoms with Gasteiger partial charge in [-0.25, -0.2) is 0 Å². The van der Waals surface area contributed by atoms with Crippen LogP contribution in [0.1, 0.15) is 25.7 Å². The summed E-state index contributed by atoms with van der Waals surface area (Å²) in [7, 11) is 0. The molecule has 0 atom stereocenters. The molecular formula is C8H14F3NO. The van der Waals surface area contributed by atoms with E-state index in [0.717, 1.165) is 12.8 Å². The topological polar surface area (TPSA) is 32.3 Å². The lowest BCUT2D eigenvalue weighted by Crippen LogP contribution is -2.41. The molecule has 1 fully saturated rings. The molecule has 0 saturated heterocycles. The summed E-state index contributed by atoms with van der Waals surface area (Å²) in [5, 5.41) is 11.9. The summed E-state index contributed by atoms with van der Waals surface area (Å²) in [5.74, 6) is 0. The van der Waals surface area contributed by atoms with Gasteiger partial charge < -0.3 is 10.4 Å². The molecule has 0 unspecified atom stereocenters. The highest BCUT2D eigenvalue weighted by atomic mass is 19.4. The third-order valence-electron chi connectivity index (χ3n) is 2.31.